The third kappa shape index (κ3) is 2.98. The minimum atomic E-state index is 0.175. The molecule has 1 aromatic rings. The van der Waals surface area contributed by atoms with Crippen molar-refractivity contribution in [2.24, 2.45) is 0 Å². The van der Waals surface area contributed by atoms with Gasteiger partial charge in [0.1, 0.15) is 0 Å². The van der Waals surface area contributed by atoms with Gasteiger partial charge in [-0.3, -0.25) is 4.79 Å². The molecule has 0 atom stereocenters. The standard InChI is InChI=1S/C12H15BrN2O/c13-10-3-1-4-11(9-10)15-7-2-5-12(16)14-6-8-15/h1,3-4,9H,2,5-8H2,(H,14,16). The van der Waals surface area contributed by atoms with E-state index in [0.717, 1.165) is 30.5 Å². The number of benzene rings is 1. The molecule has 1 amide bonds. The van der Waals surface area contributed by atoms with Gasteiger partial charge in [-0.25, -0.2) is 0 Å². The summed E-state index contributed by atoms with van der Waals surface area (Å²) in [5, 5.41) is 2.91. The number of nitrogens with one attached hydrogen (secondary N) is 1. The number of carbonyl (C=O) groups excluding carboxylic acids is 1. The Hall–Kier alpha value is -1.03. The van der Waals surface area contributed by atoms with Gasteiger partial charge in [0.05, 0.1) is 0 Å². The molecule has 0 aromatic heterocycles. The number of nitrogens with zero attached hydrogens (tertiary/aromatic N) is 1. The normalized spacial score (nSPS) is 17.6. The van der Waals surface area contributed by atoms with Crippen LogP contribution in [0.3, 0.4) is 0 Å². The molecule has 0 saturated carbocycles. The fourth-order valence-corrected chi connectivity index (χ4v) is 2.28. The van der Waals surface area contributed by atoms with E-state index in [1.54, 1.807) is 0 Å². The second-order valence-electron chi connectivity index (χ2n) is 3.92. The largest absolute Gasteiger partial charge is 0.370 e. The van der Waals surface area contributed by atoms with Gasteiger partial charge < -0.3 is 10.2 Å². The van der Waals surface area contributed by atoms with Crippen LogP contribution in [-0.2, 0) is 4.79 Å². The minimum Gasteiger partial charge on any atom is -0.370 e. The van der Waals surface area contributed by atoms with Crippen LogP contribution in [0.1, 0.15) is 12.8 Å². The lowest BCUT2D eigenvalue weighted by Gasteiger charge is -2.27. The summed E-state index contributed by atoms with van der Waals surface area (Å²) in [4.78, 5) is 13.5. The fourth-order valence-electron chi connectivity index (χ4n) is 1.89. The molecule has 1 aliphatic rings. The van der Waals surface area contributed by atoms with Gasteiger partial charge in [-0.1, -0.05) is 22.0 Å². The Morgan fingerprint density at radius 2 is 2.19 bits per heavy atom. The summed E-state index contributed by atoms with van der Waals surface area (Å²) >= 11 is 3.48. The molecule has 0 aliphatic carbocycles. The molecule has 86 valence electrons. The van der Waals surface area contributed by atoms with E-state index >= 15 is 0 Å². The highest BCUT2D eigenvalue weighted by atomic mass is 79.9. The molecule has 2 rings (SSSR count). The molecule has 1 aromatic carbocycles. The highest BCUT2D eigenvalue weighted by Crippen LogP contribution is 2.20. The molecule has 16 heavy (non-hydrogen) atoms. The number of hydrogen-bond acceptors (Lipinski definition) is 2. The highest BCUT2D eigenvalue weighted by Gasteiger charge is 2.11. The summed E-state index contributed by atoms with van der Waals surface area (Å²) in [5.41, 5.74) is 1.21. The number of hydrogen-bond donors (Lipinski definition) is 1. The summed E-state index contributed by atoms with van der Waals surface area (Å²) in [7, 11) is 0. The molecule has 4 heteroatoms. The van der Waals surface area contributed by atoms with Crippen LogP contribution in [-0.4, -0.2) is 25.5 Å². The third-order valence-corrected chi connectivity index (χ3v) is 3.20. The zero-order chi connectivity index (χ0) is 11.4. The predicted octanol–water partition coefficient (Wildman–Crippen LogP) is 2.17. The van der Waals surface area contributed by atoms with Crippen molar-refractivity contribution in [3.8, 4) is 0 Å². The van der Waals surface area contributed by atoms with Gasteiger partial charge in [0.2, 0.25) is 5.91 Å². The second kappa shape index (κ2) is 5.34. The first-order valence-electron chi connectivity index (χ1n) is 5.53. The summed E-state index contributed by atoms with van der Waals surface area (Å²) in [6.07, 6.45) is 1.54. The van der Waals surface area contributed by atoms with E-state index in [0.29, 0.717) is 6.42 Å². The number of halogens is 1. The van der Waals surface area contributed by atoms with Gasteiger partial charge in [-0.2, -0.15) is 0 Å². The number of anilines is 1. The SMILES string of the molecule is O=C1CCCN(c2cccc(Br)c2)CCN1. The van der Waals surface area contributed by atoms with Crippen LogP contribution in [0, 0.1) is 0 Å². The second-order valence-corrected chi connectivity index (χ2v) is 4.84. The van der Waals surface area contributed by atoms with Crippen molar-refractivity contribution in [1.82, 2.24) is 5.32 Å². The van der Waals surface area contributed by atoms with Gasteiger partial charge in [-0.15, -0.1) is 0 Å². The molecule has 1 N–H and O–H groups in total. The Morgan fingerprint density at radius 1 is 1.31 bits per heavy atom. The van der Waals surface area contributed by atoms with Crippen molar-refractivity contribution in [2.75, 3.05) is 24.5 Å². The first-order valence-corrected chi connectivity index (χ1v) is 6.32. The predicted molar refractivity (Wildman–Crippen MR) is 68.6 cm³/mol. The molecule has 1 aliphatic heterocycles. The van der Waals surface area contributed by atoms with Crippen molar-refractivity contribution in [2.45, 2.75) is 12.8 Å². The van der Waals surface area contributed by atoms with Crippen LogP contribution in [0.5, 0.6) is 0 Å². The zero-order valence-corrected chi connectivity index (χ0v) is 10.7. The van der Waals surface area contributed by atoms with Crippen molar-refractivity contribution < 1.29 is 4.79 Å². The molecule has 1 fully saturated rings. The first kappa shape index (κ1) is 11.5. The van der Waals surface area contributed by atoms with Crippen LogP contribution in [0.2, 0.25) is 0 Å². The van der Waals surface area contributed by atoms with E-state index < -0.39 is 0 Å². The minimum absolute atomic E-state index is 0.175. The van der Waals surface area contributed by atoms with E-state index in [4.69, 9.17) is 0 Å². The van der Waals surface area contributed by atoms with Crippen LogP contribution in [0.4, 0.5) is 5.69 Å². The van der Waals surface area contributed by atoms with Crippen LogP contribution < -0.4 is 10.2 Å². The van der Waals surface area contributed by atoms with E-state index in [-0.39, 0.29) is 5.91 Å². The molecular formula is C12H15BrN2O. The maximum Gasteiger partial charge on any atom is 0.220 e. The first-order chi connectivity index (χ1) is 7.75. The Balaban J connectivity index is 2.06. The molecule has 1 saturated heterocycles. The zero-order valence-electron chi connectivity index (χ0n) is 9.08. The van der Waals surface area contributed by atoms with Crippen molar-refractivity contribution >= 4 is 27.5 Å². The highest BCUT2D eigenvalue weighted by molar-refractivity contribution is 9.10. The third-order valence-electron chi connectivity index (χ3n) is 2.71. The lowest BCUT2D eigenvalue weighted by molar-refractivity contribution is -0.121. The fraction of sp³-hybridized carbons (Fsp3) is 0.417. The Morgan fingerprint density at radius 3 is 3.00 bits per heavy atom. The Kier molecular flexibility index (Phi) is 3.83. The number of carbonyl (C=O) groups is 1. The van der Waals surface area contributed by atoms with Gasteiger partial charge in [0, 0.05) is 36.2 Å². The van der Waals surface area contributed by atoms with Gasteiger partial charge >= 0.3 is 0 Å². The molecule has 0 bridgehead atoms. The van der Waals surface area contributed by atoms with Gasteiger partial charge in [0.15, 0.2) is 0 Å². The summed E-state index contributed by atoms with van der Waals surface area (Å²) in [6, 6.07) is 8.28. The lowest BCUT2D eigenvalue weighted by atomic mass is 10.2. The summed E-state index contributed by atoms with van der Waals surface area (Å²) in [5.74, 6) is 0.175. The lowest BCUT2D eigenvalue weighted by Crippen LogP contribution is -2.38. The molecule has 1 heterocycles. The van der Waals surface area contributed by atoms with E-state index in [2.05, 4.69) is 38.3 Å². The van der Waals surface area contributed by atoms with Crippen molar-refractivity contribution in [3.05, 3.63) is 28.7 Å². The molecule has 3 nitrogen and oxygen atoms in total. The van der Waals surface area contributed by atoms with Crippen LogP contribution in [0.25, 0.3) is 0 Å². The number of amides is 1. The van der Waals surface area contributed by atoms with Gasteiger partial charge in [-0.05, 0) is 24.6 Å². The number of rotatable bonds is 1. The molecule has 0 radical (unpaired) electrons. The summed E-state index contributed by atoms with van der Waals surface area (Å²) in [6.45, 7) is 2.55. The molecular weight excluding hydrogens is 268 g/mol. The average molecular weight is 283 g/mol. The van der Waals surface area contributed by atoms with Gasteiger partial charge in [0.25, 0.3) is 0 Å². The van der Waals surface area contributed by atoms with E-state index in [1.807, 2.05) is 12.1 Å². The molecule has 0 spiro atoms. The topological polar surface area (TPSA) is 32.3 Å². The van der Waals surface area contributed by atoms with Crippen LogP contribution >= 0.6 is 15.9 Å². The van der Waals surface area contributed by atoms with Crippen molar-refractivity contribution in [1.29, 1.82) is 0 Å². The molecule has 0 unspecified atom stereocenters. The average Bonchev–Trinajstić information content (AvgIpc) is 2.23. The van der Waals surface area contributed by atoms with Crippen molar-refractivity contribution in [3.63, 3.8) is 0 Å². The quantitative estimate of drug-likeness (QED) is 0.856. The van der Waals surface area contributed by atoms with E-state index in [9.17, 15) is 4.79 Å². The smallest absolute Gasteiger partial charge is 0.220 e. The summed E-state index contributed by atoms with van der Waals surface area (Å²) < 4.78 is 1.09. The van der Waals surface area contributed by atoms with E-state index in [1.165, 1.54) is 5.69 Å². The van der Waals surface area contributed by atoms with Crippen LogP contribution in [0.15, 0.2) is 28.7 Å². The maximum atomic E-state index is 11.2. The Labute approximate surface area is 104 Å². The Bertz CT molecular complexity index is 369. The maximum absolute atomic E-state index is 11.2. The monoisotopic (exact) mass is 282 g/mol.